The van der Waals surface area contributed by atoms with E-state index in [-0.39, 0.29) is 44.8 Å². The van der Waals surface area contributed by atoms with Crippen molar-refractivity contribution in [1.82, 2.24) is 9.97 Å². The monoisotopic (exact) mass is 487 g/mol. The van der Waals surface area contributed by atoms with E-state index in [2.05, 4.69) is 9.97 Å². The van der Waals surface area contributed by atoms with Gasteiger partial charge < -0.3 is 19.2 Å². The number of aromatic amines is 1. The van der Waals surface area contributed by atoms with Crippen molar-refractivity contribution in [3.05, 3.63) is 77.3 Å². The van der Waals surface area contributed by atoms with Crippen LogP contribution in [0.3, 0.4) is 0 Å². The fraction of sp³-hybridized carbons (Fsp3) is 0.0435. The zero-order valence-corrected chi connectivity index (χ0v) is 17.7. The number of nitrogens with zero attached hydrogens (tertiary/aromatic N) is 2. The molecule has 0 spiro atoms. The molecule has 7 nitrogen and oxygen atoms in total. The van der Waals surface area contributed by atoms with Gasteiger partial charge in [0.2, 0.25) is 11.7 Å². The van der Waals surface area contributed by atoms with Crippen LogP contribution in [-0.4, -0.2) is 27.6 Å². The van der Waals surface area contributed by atoms with Gasteiger partial charge in [0.05, 0.1) is 10.5 Å². The summed E-state index contributed by atoms with van der Waals surface area (Å²) in [4.78, 5) is 18.6. The van der Waals surface area contributed by atoms with Crippen LogP contribution in [-0.2, 0) is 0 Å². The van der Waals surface area contributed by atoms with E-state index in [1.807, 2.05) is 0 Å². The molecule has 3 aromatic carbocycles. The molecule has 5 rings (SSSR count). The minimum absolute atomic E-state index is 0.00591. The number of benzene rings is 3. The highest BCUT2D eigenvalue weighted by Crippen LogP contribution is 2.35. The lowest BCUT2D eigenvalue weighted by Crippen LogP contribution is -2.24. The Morgan fingerprint density at radius 1 is 1.15 bits per heavy atom. The fourth-order valence-corrected chi connectivity index (χ4v) is 3.74. The second kappa shape index (κ2) is 8.31. The summed E-state index contributed by atoms with van der Waals surface area (Å²) in [6.45, 7) is -2.97. The largest absolute Gasteiger partial charge is 0.475 e. The molecule has 5 aromatic rings. The number of imidazole rings is 1. The van der Waals surface area contributed by atoms with Crippen molar-refractivity contribution >= 4 is 51.2 Å². The molecule has 0 amide bonds. The maximum atomic E-state index is 13.9. The number of fused-ring (bicyclic) bond motifs is 2. The number of nitrogens with one attached hydrogen (secondary N) is 1. The smallest absolute Gasteiger partial charge is 0.371 e. The molecular weight excluding hydrogens is 475 g/mol. The second-order valence-electron chi connectivity index (χ2n) is 7.18. The van der Waals surface area contributed by atoms with E-state index in [0.717, 1.165) is 12.1 Å². The van der Waals surface area contributed by atoms with Gasteiger partial charge in [0.1, 0.15) is 17.1 Å². The first-order valence-corrected chi connectivity index (χ1v) is 10.1. The quantitative estimate of drug-likeness (QED) is 0.252. The third kappa shape index (κ3) is 3.88. The Morgan fingerprint density at radius 2 is 1.91 bits per heavy atom. The number of anilines is 2. The Kier molecular flexibility index (Phi) is 5.29. The van der Waals surface area contributed by atoms with Crippen molar-refractivity contribution in [2.45, 2.75) is 6.55 Å². The van der Waals surface area contributed by atoms with E-state index in [9.17, 15) is 18.0 Å². The van der Waals surface area contributed by atoms with Gasteiger partial charge in [-0.25, -0.2) is 14.2 Å². The zero-order chi connectivity index (χ0) is 24.0. The molecule has 0 saturated carbocycles. The van der Waals surface area contributed by atoms with E-state index in [4.69, 9.17) is 25.9 Å². The predicted octanol–water partition coefficient (Wildman–Crippen LogP) is 6.95. The Hall–Kier alpha value is -4.18. The van der Waals surface area contributed by atoms with Crippen LogP contribution in [0.25, 0.3) is 22.0 Å². The van der Waals surface area contributed by atoms with Crippen LogP contribution in [0.2, 0.25) is 5.02 Å². The van der Waals surface area contributed by atoms with Gasteiger partial charge in [-0.2, -0.15) is 8.78 Å². The zero-order valence-electron chi connectivity index (χ0n) is 16.9. The third-order valence-corrected chi connectivity index (χ3v) is 5.27. The number of carbonyl (C=O) groups is 1. The molecule has 2 N–H and O–H groups in total. The fourth-order valence-electron chi connectivity index (χ4n) is 3.49. The van der Waals surface area contributed by atoms with Gasteiger partial charge in [0.25, 0.3) is 0 Å². The van der Waals surface area contributed by atoms with E-state index in [0.29, 0.717) is 16.0 Å². The number of hydrogen-bond donors (Lipinski definition) is 2. The summed E-state index contributed by atoms with van der Waals surface area (Å²) in [5.41, 5.74) is 0.667. The standard InChI is InChI=1S/C23H13ClF3N3O4/c24-15-9-12(25)10-16-19(15)29-23(28-16)30(22(26)27)13-4-6-14(7-5-13)33-17-3-1-2-11-8-18(21(31)32)34-20(11)17/h1-10,22H,(H,28,29)(H,31,32). The molecule has 0 atom stereocenters. The van der Waals surface area contributed by atoms with Crippen molar-refractivity contribution < 1.29 is 32.2 Å². The highest BCUT2D eigenvalue weighted by Gasteiger charge is 2.24. The average Bonchev–Trinajstić information content (AvgIpc) is 3.40. The number of ether oxygens (including phenoxy) is 1. The predicted molar refractivity (Wildman–Crippen MR) is 119 cm³/mol. The normalized spacial score (nSPS) is 11.4. The van der Waals surface area contributed by atoms with Crippen LogP contribution < -0.4 is 9.64 Å². The molecule has 0 saturated heterocycles. The number of furan rings is 1. The molecular formula is C23H13ClF3N3O4. The topological polar surface area (TPSA) is 91.6 Å². The molecule has 2 heterocycles. The molecule has 172 valence electrons. The lowest BCUT2D eigenvalue weighted by Gasteiger charge is -2.21. The second-order valence-corrected chi connectivity index (χ2v) is 7.59. The molecule has 0 radical (unpaired) electrons. The van der Waals surface area contributed by atoms with Crippen molar-refractivity contribution in [1.29, 1.82) is 0 Å². The van der Waals surface area contributed by atoms with Gasteiger partial charge in [-0.1, -0.05) is 23.7 Å². The first-order chi connectivity index (χ1) is 16.3. The number of para-hydroxylation sites is 1. The van der Waals surface area contributed by atoms with Crippen molar-refractivity contribution in [2.24, 2.45) is 0 Å². The van der Waals surface area contributed by atoms with Crippen LogP contribution in [0.15, 0.2) is 65.1 Å². The van der Waals surface area contributed by atoms with E-state index in [1.165, 1.54) is 30.3 Å². The van der Waals surface area contributed by atoms with Gasteiger partial charge in [-0.05, 0) is 48.5 Å². The molecule has 0 aliphatic heterocycles. The highest BCUT2D eigenvalue weighted by molar-refractivity contribution is 6.35. The number of aromatic carboxylic acids is 1. The number of carboxylic acids is 1. The average molecular weight is 488 g/mol. The summed E-state index contributed by atoms with van der Waals surface area (Å²) in [5, 5.41) is 9.66. The number of alkyl halides is 2. The van der Waals surface area contributed by atoms with Crippen LogP contribution >= 0.6 is 11.6 Å². The van der Waals surface area contributed by atoms with Gasteiger partial charge >= 0.3 is 12.5 Å². The highest BCUT2D eigenvalue weighted by atomic mass is 35.5. The molecule has 2 aromatic heterocycles. The molecule has 0 unspecified atom stereocenters. The van der Waals surface area contributed by atoms with E-state index in [1.54, 1.807) is 18.2 Å². The van der Waals surface area contributed by atoms with Crippen molar-refractivity contribution in [2.75, 3.05) is 4.90 Å². The number of hydrogen-bond acceptors (Lipinski definition) is 5. The molecule has 0 bridgehead atoms. The number of aromatic nitrogens is 2. The van der Waals surface area contributed by atoms with E-state index >= 15 is 0 Å². The molecule has 0 aliphatic rings. The minimum atomic E-state index is -2.97. The summed E-state index contributed by atoms with van der Waals surface area (Å²) in [6.07, 6.45) is 0. The number of H-pyrrole nitrogens is 1. The first-order valence-electron chi connectivity index (χ1n) is 9.76. The Balaban J connectivity index is 1.45. The van der Waals surface area contributed by atoms with Gasteiger partial charge in [0.15, 0.2) is 11.3 Å². The lowest BCUT2D eigenvalue weighted by atomic mass is 10.2. The SMILES string of the molecule is O=C(O)c1cc2cccc(Oc3ccc(N(c4nc5c(Cl)cc(F)cc5[nH]4)C(F)F)cc3)c2o1. The molecule has 34 heavy (non-hydrogen) atoms. The Morgan fingerprint density at radius 3 is 2.62 bits per heavy atom. The number of halogens is 4. The van der Waals surface area contributed by atoms with Gasteiger partial charge in [-0.3, -0.25) is 4.90 Å². The van der Waals surface area contributed by atoms with Crippen LogP contribution in [0.4, 0.5) is 24.8 Å². The molecule has 0 aliphatic carbocycles. The number of rotatable bonds is 6. The molecule has 0 fully saturated rings. The summed E-state index contributed by atoms with van der Waals surface area (Å²) in [5.74, 6) is -1.73. The first kappa shape index (κ1) is 21.7. The molecule has 11 heteroatoms. The Bertz CT molecular complexity index is 1530. The summed E-state index contributed by atoms with van der Waals surface area (Å²) >= 11 is 5.98. The maximum absolute atomic E-state index is 13.9. The van der Waals surface area contributed by atoms with Gasteiger partial charge in [0, 0.05) is 11.1 Å². The van der Waals surface area contributed by atoms with Crippen LogP contribution in [0.5, 0.6) is 11.5 Å². The summed E-state index contributed by atoms with van der Waals surface area (Å²) < 4.78 is 52.6. The Labute approximate surface area is 193 Å². The maximum Gasteiger partial charge on any atom is 0.371 e. The summed E-state index contributed by atoms with van der Waals surface area (Å²) in [7, 11) is 0. The van der Waals surface area contributed by atoms with Crippen molar-refractivity contribution in [3.8, 4) is 11.5 Å². The van der Waals surface area contributed by atoms with Crippen molar-refractivity contribution in [3.63, 3.8) is 0 Å². The van der Waals surface area contributed by atoms with E-state index < -0.39 is 18.3 Å². The lowest BCUT2D eigenvalue weighted by molar-refractivity contribution is 0.0665. The number of carboxylic acid groups (broad SMARTS) is 1. The summed E-state index contributed by atoms with van der Waals surface area (Å²) in [6, 6.07) is 14.2. The van der Waals surface area contributed by atoms with Crippen LogP contribution in [0.1, 0.15) is 10.6 Å². The van der Waals surface area contributed by atoms with Crippen LogP contribution in [0, 0.1) is 5.82 Å². The van der Waals surface area contributed by atoms with Gasteiger partial charge in [-0.15, -0.1) is 0 Å². The third-order valence-electron chi connectivity index (χ3n) is 4.98. The minimum Gasteiger partial charge on any atom is -0.475 e.